The second-order valence-corrected chi connectivity index (χ2v) is 6.93. The summed E-state index contributed by atoms with van der Waals surface area (Å²) in [6.45, 7) is 6.16. The molecule has 0 saturated carbocycles. The first kappa shape index (κ1) is 20.8. The molecule has 21 heavy (non-hydrogen) atoms. The second kappa shape index (κ2) is 11.4. The van der Waals surface area contributed by atoms with Crippen LogP contribution in [0.5, 0.6) is 0 Å². The second-order valence-electron chi connectivity index (χ2n) is 6.93. The van der Waals surface area contributed by atoms with E-state index in [1.165, 1.54) is 25.7 Å². The molecular formula is C18H35F3. The maximum atomic E-state index is 12.8. The van der Waals surface area contributed by atoms with Gasteiger partial charge >= 0.3 is 6.18 Å². The summed E-state index contributed by atoms with van der Waals surface area (Å²) in [6.07, 6.45) is 7.95. The van der Waals surface area contributed by atoms with E-state index in [4.69, 9.17) is 0 Å². The van der Waals surface area contributed by atoms with Gasteiger partial charge in [0.2, 0.25) is 0 Å². The third-order valence-corrected chi connectivity index (χ3v) is 4.39. The van der Waals surface area contributed by atoms with Gasteiger partial charge in [-0.3, -0.25) is 0 Å². The van der Waals surface area contributed by atoms with E-state index in [2.05, 4.69) is 13.8 Å². The lowest BCUT2D eigenvalue weighted by Gasteiger charge is -2.31. The van der Waals surface area contributed by atoms with Crippen molar-refractivity contribution in [3.63, 3.8) is 0 Å². The number of rotatable bonds is 13. The maximum absolute atomic E-state index is 12.8. The van der Waals surface area contributed by atoms with Crippen LogP contribution in [0.2, 0.25) is 0 Å². The Morgan fingerprint density at radius 3 is 1.33 bits per heavy atom. The van der Waals surface area contributed by atoms with E-state index in [1.807, 2.05) is 6.92 Å². The summed E-state index contributed by atoms with van der Waals surface area (Å²) < 4.78 is 38.4. The van der Waals surface area contributed by atoms with Gasteiger partial charge in [-0.1, -0.05) is 85.0 Å². The highest BCUT2D eigenvalue weighted by atomic mass is 19.4. The van der Waals surface area contributed by atoms with Crippen LogP contribution in [0.15, 0.2) is 0 Å². The van der Waals surface area contributed by atoms with Crippen molar-refractivity contribution in [2.75, 3.05) is 0 Å². The smallest absolute Gasteiger partial charge is 0.171 e. The van der Waals surface area contributed by atoms with Crippen LogP contribution in [-0.2, 0) is 0 Å². The molecule has 0 fully saturated rings. The minimum Gasteiger partial charge on any atom is -0.171 e. The molecule has 0 aromatic heterocycles. The summed E-state index contributed by atoms with van der Waals surface area (Å²) in [6, 6.07) is 0. The van der Waals surface area contributed by atoms with Gasteiger partial charge in [-0.25, -0.2) is 0 Å². The lowest BCUT2D eigenvalue weighted by Crippen LogP contribution is -2.25. The van der Waals surface area contributed by atoms with Crippen LogP contribution in [0, 0.1) is 5.41 Å². The van der Waals surface area contributed by atoms with Crippen LogP contribution in [0.4, 0.5) is 13.2 Å². The molecule has 0 aliphatic carbocycles. The van der Waals surface area contributed by atoms with Crippen molar-refractivity contribution < 1.29 is 13.2 Å². The molecular weight excluding hydrogens is 273 g/mol. The molecule has 0 bridgehead atoms. The molecule has 0 aromatic rings. The first-order valence-electron chi connectivity index (χ1n) is 8.90. The first-order valence-corrected chi connectivity index (χ1v) is 8.90. The van der Waals surface area contributed by atoms with Gasteiger partial charge in [0.25, 0.3) is 0 Å². The minimum absolute atomic E-state index is 0.545. The Bertz CT molecular complexity index is 219. The standard InChI is InChI=1S/C18H35F3/c1-4-6-8-10-12-14-17(3,16-18(19,20)21)15-13-11-9-7-5-2/h4-16H2,1-3H3. The van der Waals surface area contributed by atoms with Crippen LogP contribution in [0.3, 0.4) is 0 Å². The fourth-order valence-electron chi connectivity index (χ4n) is 3.10. The highest BCUT2D eigenvalue weighted by Gasteiger charge is 2.38. The van der Waals surface area contributed by atoms with Crippen molar-refractivity contribution in [3.8, 4) is 0 Å². The van der Waals surface area contributed by atoms with E-state index in [0.29, 0.717) is 0 Å². The third kappa shape index (κ3) is 13.2. The average Bonchev–Trinajstić information content (AvgIpc) is 2.36. The molecule has 0 amide bonds. The first-order chi connectivity index (χ1) is 9.83. The molecule has 0 atom stereocenters. The number of alkyl halides is 3. The van der Waals surface area contributed by atoms with Gasteiger partial charge in [0, 0.05) is 6.42 Å². The zero-order valence-electron chi connectivity index (χ0n) is 14.3. The molecule has 0 aromatic carbocycles. The molecule has 0 unspecified atom stereocenters. The molecule has 0 rings (SSSR count). The largest absolute Gasteiger partial charge is 0.389 e. The Morgan fingerprint density at radius 2 is 1.00 bits per heavy atom. The van der Waals surface area contributed by atoms with Crippen molar-refractivity contribution in [1.29, 1.82) is 0 Å². The van der Waals surface area contributed by atoms with Crippen LogP contribution >= 0.6 is 0 Å². The van der Waals surface area contributed by atoms with Gasteiger partial charge in [-0.15, -0.1) is 0 Å². The Hall–Kier alpha value is -0.210. The quantitative estimate of drug-likeness (QED) is 0.306. The van der Waals surface area contributed by atoms with Crippen molar-refractivity contribution >= 4 is 0 Å². The van der Waals surface area contributed by atoms with E-state index in [0.717, 1.165) is 51.4 Å². The van der Waals surface area contributed by atoms with Gasteiger partial charge in [-0.05, 0) is 18.3 Å². The van der Waals surface area contributed by atoms with E-state index >= 15 is 0 Å². The molecule has 0 radical (unpaired) electrons. The summed E-state index contributed by atoms with van der Waals surface area (Å²) in [5.74, 6) is 0. The van der Waals surface area contributed by atoms with Gasteiger partial charge < -0.3 is 0 Å². The van der Waals surface area contributed by atoms with Crippen molar-refractivity contribution in [3.05, 3.63) is 0 Å². The number of hydrogen-bond donors (Lipinski definition) is 0. The van der Waals surface area contributed by atoms with E-state index in [-0.39, 0.29) is 0 Å². The number of halogens is 3. The van der Waals surface area contributed by atoms with Crippen LogP contribution in [0.1, 0.15) is 104 Å². The number of unbranched alkanes of at least 4 members (excludes halogenated alkanes) is 8. The Morgan fingerprint density at radius 1 is 0.619 bits per heavy atom. The van der Waals surface area contributed by atoms with Crippen LogP contribution in [0.25, 0.3) is 0 Å². The average molecular weight is 308 g/mol. The molecule has 3 heteroatoms. The molecule has 0 nitrogen and oxygen atoms in total. The third-order valence-electron chi connectivity index (χ3n) is 4.39. The lowest BCUT2D eigenvalue weighted by atomic mass is 9.77. The van der Waals surface area contributed by atoms with Crippen LogP contribution in [-0.4, -0.2) is 6.18 Å². The molecule has 0 aliphatic rings. The maximum Gasteiger partial charge on any atom is 0.389 e. The van der Waals surface area contributed by atoms with Gasteiger partial charge in [0.1, 0.15) is 0 Å². The molecule has 0 saturated heterocycles. The molecule has 0 heterocycles. The fraction of sp³-hybridized carbons (Fsp3) is 1.00. The Balaban J connectivity index is 4.14. The van der Waals surface area contributed by atoms with Crippen molar-refractivity contribution in [1.82, 2.24) is 0 Å². The molecule has 0 N–H and O–H groups in total. The predicted molar refractivity (Wildman–Crippen MR) is 85.5 cm³/mol. The van der Waals surface area contributed by atoms with Crippen molar-refractivity contribution in [2.45, 2.75) is 110 Å². The summed E-state index contributed by atoms with van der Waals surface area (Å²) in [7, 11) is 0. The zero-order valence-corrected chi connectivity index (χ0v) is 14.3. The Labute approximate surface area is 129 Å². The number of hydrogen-bond acceptors (Lipinski definition) is 0. The SMILES string of the molecule is CCCCCCCC(C)(CCCCCCC)CC(F)(F)F. The van der Waals surface area contributed by atoms with E-state index in [1.54, 1.807) is 0 Å². The monoisotopic (exact) mass is 308 g/mol. The van der Waals surface area contributed by atoms with Gasteiger partial charge in [0.15, 0.2) is 0 Å². The summed E-state index contributed by atoms with van der Waals surface area (Å²) >= 11 is 0. The van der Waals surface area contributed by atoms with E-state index in [9.17, 15) is 13.2 Å². The normalized spacial score (nSPS) is 12.9. The molecule has 0 spiro atoms. The predicted octanol–water partition coefficient (Wildman–Crippen LogP) is 7.67. The van der Waals surface area contributed by atoms with Crippen molar-refractivity contribution in [2.24, 2.45) is 5.41 Å². The van der Waals surface area contributed by atoms with Crippen LogP contribution < -0.4 is 0 Å². The van der Waals surface area contributed by atoms with E-state index < -0.39 is 18.0 Å². The minimum atomic E-state index is -4.03. The van der Waals surface area contributed by atoms with Gasteiger partial charge in [-0.2, -0.15) is 13.2 Å². The molecule has 128 valence electrons. The fourth-order valence-corrected chi connectivity index (χ4v) is 3.10. The summed E-state index contributed by atoms with van der Waals surface area (Å²) in [5, 5.41) is 0. The molecule has 0 aliphatic heterocycles. The summed E-state index contributed by atoms with van der Waals surface area (Å²) in [5.41, 5.74) is -0.545. The lowest BCUT2D eigenvalue weighted by molar-refractivity contribution is -0.158. The highest BCUT2D eigenvalue weighted by Crippen LogP contribution is 2.41. The topological polar surface area (TPSA) is 0 Å². The Kier molecular flexibility index (Phi) is 11.3. The summed E-state index contributed by atoms with van der Waals surface area (Å²) in [4.78, 5) is 0. The van der Waals surface area contributed by atoms with Gasteiger partial charge in [0.05, 0.1) is 0 Å². The highest BCUT2D eigenvalue weighted by molar-refractivity contribution is 4.78. The zero-order chi connectivity index (χ0) is 16.2.